The predicted octanol–water partition coefficient (Wildman–Crippen LogP) is 2.20. The Hall–Kier alpha value is -1.05. The van der Waals surface area contributed by atoms with Crippen LogP contribution in [-0.2, 0) is 10.0 Å². The average Bonchev–Trinajstić information content (AvgIpc) is 2.42. The molecule has 2 atom stereocenters. The van der Waals surface area contributed by atoms with Crippen molar-refractivity contribution in [1.29, 1.82) is 0 Å². The van der Waals surface area contributed by atoms with Gasteiger partial charge in [0, 0.05) is 6.54 Å². The molecule has 1 saturated heterocycles. The third kappa shape index (κ3) is 3.09. The molecule has 118 valence electrons. The highest BCUT2D eigenvalue weighted by atomic mass is 32.2. The van der Waals surface area contributed by atoms with Crippen LogP contribution in [0.5, 0.6) is 0 Å². The number of piperidine rings is 1. The first-order valence-electron chi connectivity index (χ1n) is 6.90. The van der Waals surface area contributed by atoms with Gasteiger partial charge < -0.3 is 5.11 Å². The van der Waals surface area contributed by atoms with Crippen molar-refractivity contribution < 1.29 is 22.3 Å². The molecule has 0 spiro atoms. The van der Waals surface area contributed by atoms with Gasteiger partial charge in [-0.3, -0.25) is 0 Å². The van der Waals surface area contributed by atoms with E-state index in [0.29, 0.717) is 18.9 Å². The molecule has 0 bridgehead atoms. The van der Waals surface area contributed by atoms with E-state index in [1.807, 2.05) is 0 Å². The van der Waals surface area contributed by atoms with Crippen molar-refractivity contribution in [1.82, 2.24) is 4.31 Å². The number of rotatable bonds is 3. The second-order valence-electron chi connectivity index (χ2n) is 5.45. The molecule has 0 radical (unpaired) electrons. The van der Waals surface area contributed by atoms with Crippen molar-refractivity contribution in [3.63, 3.8) is 0 Å². The number of aliphatic hydroxyl groups is 1. The van der Waals surface area contributed by atoms with Crippen molar-refractivity contribution in [3.8, 4) is 0 Å². The summed E-state index contributed by atoms with van der Waals surface area (Å²) in [4.78, 5) is -0.668. The summed E-state index contributed by atoms with van der Waals surface area (Å²) < 4.78 is 53.9. The number of nitrogens with zero attached hydrogens (tertiary/aromatic N) is 1. The lowest BCUT2D eigenvalue weighted by atomic mass is 10.0. The molecule has 1 aliphatic heterocycles. The lowest BCUT2D eigenvalue weighted by Gasteiger charge is -2.36. The number of halogens is 2. The zero-order valence-corrected chi connectivity index (χ0v) is 12.8. The summed E-state index contributed by atoms with van der Waals surface area (Å²) in [6, 6.07) is 0.990. The Morgan fingerprint density at radius 2 is 1.95 bits per heavy atom. The first-order valence-corrected chi connectivity index (χ1v) is 8.34. The number of sulfonamides is 1. The van der Waals surface area contributed by atoms with Gasteiger partial charge in [0.15, 0.2) is 0 Å². The van der Waals surface area contributed by atoms with Gasteiger partial charge >= 0.3 is 0 Å². The minimum atomic E-state index is -4.17. The van der Waals surface area contributed by atoms with Gasteiger partial charge in [0.25, 0.3) is 0 Å². The fourth-order valence-corrected chi connectivity index (χ4v) is 4.48. The van der Waals surface area contributed by atoms with E-state index < -0.39 is 38.7 Å². The van der Waals surface area contributed by atoms with Crippen molar-refractivity contribution in [2.75, 3.05) is 6.54 Å². The molecule has 0 aliphatic carbocycles. The molecule has 0 aromatic heterocycles. The maximum Gasteiger partial charge on any atom is 0.246 e. The van der Waals surface area contributed by atoms with Crippen LogP contribution in [0.2, 0.25) is 0 Å². The van der Waals surface area contributed by atoms with Crippen LogP contribution in [0.1, 0.15) is 31.7 Å². The molecular formula is C14H19F2NO3S. The summed E-state index contributed by atoms with van der Waals surface area (Å²) in [6.07, 6.45) is 1.08. The van der Waals surface area contributed by atoms with Gasteiger partial charge in [-0.15, -0.1) is 0 Å². The molecule has 1 heterocycles. The van der Waals surface area contributed by atoms with E-state index in [2.05, 4.69) is 0 Å². The molecule has 0 saturated carbocycles. The zero-order chi connectivity index (χ0) is 15.8. The fourth-order valence-electron chi connectivity index (χ4n) is 2.66. The molecular weight excluding hydrogens is 300 g/mol. The first-order chi connectivity index (χ1) is 9.75. The zero-order valence-electron chi connectivity index (χ0n) is 12.0. The lowest BCUT2D eigenvalue weighted by molar-refractivity contribution is 0.0829. The Labute approximate surface area is 123 Å². The number of hydrogen-bond acceptors (Lipinski definition) is 3. The Balaban J connectivity index is 2.48. The number of benzene rings is 1. The minimum absolute atomic E-state index is 0.0529. The third-order valence-electron chi connectivity index (χ3n) is 3.85. The molecule has 2 rings (SSSR count). The van der Waals surface area contributed by atoms with Gasteiger partial charge in [0.05, 0.1) is 12.1 Å². The van der Waals surface area contributed by atoms with E-state index in [1.165, 1.54) is 13.8 Å². The SMILES string of the molecule is Cc1cc(F)c(S(=O)(=O)N2CCCCC2C(C)O)cc1F. The van der Waals surface area contributed by atoms with Crippen LogP contribution in [-0.4, -0.2) is 36.5 Å². The molecule has 1 aromatic carbocycles. The second kappa shape index (κ2) is 5.98. The van der Waals surface area contributed by atoms with E-state index >= 15 is 0 Å². The lowest BCUT2D eigenvalue weighted by Crippen LogP contribution is -2.48. The third-order valence-corrected chi connectivity index (χ3v) is 5.79. The molecule has 1 aromatic rings. The van der Waals surface area contributed by atoms with Crippen LogP contribution >= 0.6 is 0 Å². The first kappa shape index (κ1) is 16.3. The molecule has 1 N–H and O–H groups in total. The molecule has 1 aliphatic rings. The van der Waals surface area contributed by atoms with Crippen LogP contribution in [0.4, 0.5) is 8.78 Å². The summed E-state index contributed by atoms with van der Waals surface area (Å²) in [6.45, 7) is 3.08. The van der Waals surface area contributed by atoms with Gasteiger partial charge in [-0.1, -0.05) is 6.42 Å². The highest BCUT2D eigenvalue weighted by molar-refractivity contribution is 7.89. The van der Waals surface area contributed by atoms with Gasteiger partial charge in [-0.2, -0.15) is 4.31 Å². The summed E-state index contributed by atoms with van der Waals surface area (Å²) in [5, 5.41) is 9.75. The molecule has 7 heteroatoms. The Morgan fingerprint density at radius 3 is 2.57 bits per heavy atom. The van der Waals surface area contributed by atoms with Crippen LogP contribution in [0.25, 0.3) is 0 Å². The maximum atomic E-state index is 14.0. The van der Waals surface area contributed by atoms with Gasteiger partial charge in [-0.05, 0) is 44.4 Å². The van der Waals surface area contributed by atoms with Gasteiger partial charge in [0.2, 0.25) is 10.0 Å². The number of hydrogen-bond donors (Lipinski definition) is 1. The Kier molecular flexibility index (Phi) is 4.65. The van der Waals surface area contributed by atoms with E-state index in [4.69, 9.17) is 0 Å². The van der Waals surface area contributed by atoms with Crippen molar-refractivity contribution >= 4 is 10.0 Å². The molecule has 4 nitrogen and oxygen atoms in total. The van der Waals surface area contributed by atoms with Crippen molar-refractivity contribution in [2.45, 2.75) is 50.2 Å². The molecule has 1 fully saturated rings. The summed E-state index contributed by atoms with van der Waals surface area (Å²) in [5.74, 6) is -1.73. The number of aliphatic hydroxyl groups excluding tert-OH is 1. The highest BCUT2D eigenvalue weighted by Crippen LogP contribution is 2.29. The van der Waals surface area contributed by atoms with Gasteiger partial charge in [0.1, 0.15) is 16.5 Å². The Bertz CT molecular complexity index is 631. The monoisotopic (exact) mass is 319 g/mol. The van der Waals surface area contributed by atoms with Crippen LogP contribution in [0.15, 0.2) is 17.0 Å². The van der Waals surface area contributed by atoms with Crippen LogP contribution < -0.4 is 0 Å². The van der Waals surface area contributed by atoms with E-state index in [9.17, 15) is 22.3 Å². The number of aryl methyl sites for hydroxylation is 1. The van der Waals surface area contributed by atoms with E-state index in [-0.39, 0.29) is 12.1 Å². The van der Waals surface area contributed by atoms with Crippen molar-refractivity contribution in [2.24, 2.45) is 0 Å². The van der Waals surface area contributed by atoms with Gasteiger partial charge in [-0.25, -0.2) is 17.2 Å². The quantitative estimate of drug-likeness (QED) is 0.929. The molecule has 2 unspecified atom stereocenters. The summed E-state index contributed by atoms with van der Waals surface area (Å²) >= 11 is 0. The largest absolute Gasteiger partial charge is 0.392 e. The van der Waals surface area contributed by atoms with Crippen LogP contribution in [0, 0.1) is 18.6 Å². The standard InChI is InChI=1S/C14H19F2NO3S/c1-9-7-12(16)14(8-11(9)15)21(19,20)17-6-4-3-5-13(17)10(2)18/h7-8,10,13,18H,3-6H2,1-2H3. The second-order valence-corrected chi connectivity index (χ2v) is 7.31. The smallest absolute Gasteiger partial charge is 0.246 e. The predicted molar refractivity (Wildman–Crippen MR) is 74.3 cm³/mol. The van der Waals surface area contributed by atoms with E-state index in [1.54, 1.807) is 0 Å². The summed E-state index contributed by atoms with van der Waals surface area (Å²) in [5.41, 5.74) is 0.0529. The normalized spacial score (nSPS) is 22.2. The molecule has 21 heavy (non-hydrogen) atoms. The average molecular weight is 319 g/mol. The topological polar surface area (TPSA) is 57.6 Å². The Morgan fingerprint density at radius 1 is 1.29 bits per heavy atom. The fraction of sp³-hybridized carbons (Fsp3) is 0.571. The highest BCUT2D eigenvalue weighted by Gasteiger charge is 2.37. The minimum Gasteiger partial charge on any atom is -0.392 e. The van der Waals surface area contributed by atoms with E-state index in [0.717, 1.165) is 16.8 Å². The molecule has 0 amide bonds. The summed E-state index contributed by atoms with van der Waals surface area (Å²) in [7, 11) is -4.17. The maximum absolute atomic E-state index is 14.0. The van der Waals surface area contributed by atoms with Crippen LogP contribution in [0.3, 0.4) is 0 Å². The van der Waals surface area contributed by atoms with Crippen molar-refractivity contribution in [3.05, 3.63) is 29.3 Å².